The van der Waals surface area contributed by atoms with Crippen LogP contribution in [0.4, 0.5) is 15.9 Å². The second kappa shape index (κ2) is 10.4. The summed E-state index contributed by atoms with van der Waals surface area (Å²) in [6.07, 6.45) is 5.33. The first kappa shape index (κ1) is 24.5. The smallest absolute Gasteiger partial charge is 0.225 e. The maximum atomic E-state index is 14.5. The molecule has 1 aliphatic carbocycles. The molecule has 2 heterocycles. The highest BCUT2D eigenvalue weighted by molar-refractivity contribution is 6.31. The van der Waals surface area contributed by atoms with Crippen LogP contribution in [0.5, 0.6) is 11.5 Å². The maximum Gasteiger partial charge on any atom is 0.225 e. The van der Waals surface area contributed by atoms with Crippen molar-refractivity contribution in [3.05, 3.63) is 47.5 Å². The van der Waals surface area contributed by atoms with Gasteiger partial charge in [-0.15, -0.1) is 0 Å². The van der Waals surface area contributed by atoms with E-state index in [2.05, 4.69) is 25.5 Å². The van der Waals surface area contributed by atoms with Gasteiger partial charge in [0, 0.05) is 37.6 Å². The van der Waals surface area contributed by atoms with Crippen molar-refractivity contribution in [3.8, 4) is 11.5 Å². The lowest BCUT2D eigenvalue weighted by atomic mass is 9.87. The Kier molecular flexibility index (Phi) is 7.11. The van der Waals surface area contributed by atoms with E-state index in [0.29, 0.717) is 34.3 Å². The number of nitrogens with one attached hydrogen (secondary N) is 2. The minimum atomic E-state index is -0.545. The molecule has 0 unspecified atom stereocenters. The van der Waals surface area contributed by atoms with Gasteiger partial charge < -0.3 is 20.1 Å². The summed E-state index contributed by atoms with van der Waals surface area (Å²) in [5, 5.41) is 6.48. The van der Waals surface area contributed by atoms with E-state index in [-0.39, 0.29) is 28.6 Å². The van der Waals surface area contributed by atoms with Crippen LogP contribution in [-0.4, -0.2) is 60.2 Å². The molecule has 36 heavy (non-hydrogen) atoms. The van der Waals surface area contributed by atoms with Crippen molar-refractivity contribution in [2.75, 3.05) is 32.6 Å². The van der Waals surface area contributed by atoms with Crippen LogP contribution in [0.2, 0.25) is 5.02 Å². The van der Waals surface area contributed by atoms with Gasteiger partial charge in [0.15, 0.2) is 17.3 Å². The number of carbonyl (C=O) groups is 1. The lowest BCUT2D eigenvalue weighted by Gasteiger charge is -2.45. The molecule has 1 aromatic heterocycles. The number of likely N-dealkylation sites (tertiary alicyclic amines) is 1. The average molecular weight is 514 g/mol. The van der Waals surface area contributed by atoms with Crippen LogP contribution < -0.4 is 20.1 Å². The minimum Gasteiger partial charge on any atom is -0.493 e. The van der Waals surface area contributed by atoms with Crippen LogP contribution in [-0.2, 0) is 4.79 Å². The third-order valence-electron chi connectivity index (χ3n) is 7.11. The third-order valence-corrected chi connectivity index (χ3v) is 7.40. The van der Waals surface area contributed by atoms with Gasteiger partial charge in [-0.1, -0.05) is 17.7 Å². The Hall–Kier alpha value is -3.17. The minimum absolute atomic E-state index is 0.0297. The van der Waals surface area contributed by atoms with E-state index >= 15 is 0 Å². The lowest BCUT2D eigenvalue weighted by molar-refractivity contribution is -0.131. The number of amides is 1. The molecule has 1 saturated heterocycles. The first-order valence-electron chi connectivity index (χ1n) is 12.1. The Morgan fingerprint density at radius 3 is 2.64 bits per heavy atom. The van der Waals surface area contributed by atoms with E-state index < -0.39 is 5.82 Å². The number of aromatic nitrogens is 2. The molecule has 10 heteroatoms. The molecule has 2 aromatic carbocycles. The molecule has 1 aliphatic heterocycles. The molecule has 2 N–H and O–H groups in total. The second-order valence-corrected chi connectivity index (χ2v) is 9.69. The topological polar surface area (TPSA) is 88.6 Å². The molecule has 0 bridgehead atoms. The van der Waals surface area contributed by atoms with Crippen molar-refractivity contribution in [2.45, 2.75) is 37.8 Å². The van der Waals surface area contributed by atoms with E-state index in [1.54, 1.807) is 32.4 Å². The second-order valence-electron chi connectivity index (χ2n) is 9.28. The largest absolute Gasteiger partial charge is 0.493 e. The number of nitrogens with zero attached hydrogens (tertiary/aromatic N) is 3. The first-order valence-corrected chi connectivity index (χ1v) is 12.5. The quantitative estimate of drug-likeness (QED) is 0.479. The molecule has 1 amide bonds. The summed E-state index contributed by atoms with van der Waals surface area (Å²) in [5.41, 5.74) is 0.870. The summed E-state index contributed by atoms with van der Waals surface area (Å²) < 4.78 is 26.5. The number of anilines is 2. The summed E-state index contributed by atoms with van der Waals surface area (Å²) in [5.74, 6) is 1.32. The highest BCUT2D eigenvalue weighted by atomic mass is 35.5. The molecule has 0 radical (unpaired) electrons. The Bertz CT molecular complexity index is 1260. The monoisotopic (exact) mass is 513 g/mol. The van der Waals surface area contributed by atoms with Crippen molar-refractivity contribution in [1.29, 1.82) is 0 Å². The standard InChI is InChI=1S/C26H29ClFN5O3/c1-29-26(34)15-12-33(13-15)16-6-8-17(9-7-16)36-23-10-18-21(11-22(23)35-2)30-14-31-25(18)32-20-5-3-4-19(27)24(20)28/h3-5,10-11,14-17H,6-9,12-13H2,1-2H3,(H,29,34)(H,30,31,32)/t16-,17-. The number of halogens is 2. The Morgan fingerprint density at radius 1 is 1.14 bits per heavy atom. The average Bonchev–Trinajstić information content (AvgIpc) is 2.86. The van der Waals surface area contributed by atoms with E-state index in [0.717, 1.165) is 38.8 Å². The fraction of sp³-hybridized carbons (Fsp3) is 0.423. The van der Waals surface area contributed by atoms with E-state index in [4.69, 9.17) is 21.1 Å². The summed E-state index contributed by atoms with van der Waals surface area (Å²) in [6, 6.07) is 8.90. The number of ether oxygens (including phenoxy) is 2. The zero-order valence-corrected chi connectivity index (χ0v) is 21.0. The Balaban J connectivity index is 1.30. The molecule has 1 saturated carbocycles. The molecule has 8 nitrogen and oxygen atoms in total. The number of hydrogen-bond donors (Lipinski definition) is 2. The van der Waals surface area contributed by atoms with E-state index in [1.165, 1.54) is 12.4 Å². The maximum absolute atomic E-state index is 14.5. The number of rotatable bonds is 7. The van der Waals surface area contributed by atoms with Crippen LogP contribution in [0.1, 0.15) is 25.7 Å². The van der Waals surface area contributed by atoms with Crippen molar-refractivity contribution in [3.63, 3.8) is 0 Å². The van der Waals surface area contributed by atoms with Crippen LogP contribution >= 0.6 is 11.6 Å². The van der Waals surface area contributed by atoms with Gasteiger partial charge in [0.25, 0.3) is 0 Å². The Labute approximate surface area is 214 Å². The predicted octanol–water partition coefficient (Wildman–Crippen LogP) is 4.54. The molecule has 0 spiro atoms. The molecule has 190 valence electrons. The van der Waals surface area contributed by atoms with Crippen LogP contribution in [0.3, 0.4) is 0 Å². The first-order chi connectivity index (χ1) is 17.5. The molecule has 5 rings (SSSR count). The SMILES string of the molecule is CNC(=O)C1CN([C@H]2CC[C@H](Oc3cc4c(Nc5cccc(Cl)c5F)ncnc4cc3OC)CC2)C1. The zero-order chi connectivity index (χ0) is 25.2. The van der Waals surface area contributed by atoms with Gasteiger partial charge in [-0.2, -0.15) is 0 Å². The fourth-order valence-corrected chi connectivity index (χ4v) is 5.21. The molecule has 3 aromatic rings. The third kappa shape index (κ3) is 4.90. The molecule has 2 aliphatic rings. The summed E-state index contributed by atoms with van der Waals surface area (Å²) in [6.45, 7) is 1.66. The van der Waals surface area contributed by atoms with Gasteiger partial charge in [-0.3, -0.25) is 9.69 Å². The zero-order valence-electron chi connectivity index (χ0n) is 20.3. The van der Waals surface area contributed by atoms with Gasteiger partial charge in [0.05, 0.1) is 35.4 Å². The van der Waals surface area contributed by atoms with Crippen molar-refractivity contribution < 1.29 is 18.7 Å². The van der Waals surface area contributed by atoms with Gasteiger partial charge in [0.1, 0.15) is 12.1 Å². The number of hydrogen-bond acceptors (Lipinski definition) is 7. The number of benzene rings is 2. The van der Waals surface area contributed by atoms with Gasteiger partial charge in [-0.05, 0) is 43.9 Å². The molecule has 2 fully saturated rings. The highest BCUT2D eigenvalue weighted by Crippen LogP contribution is 2.38. The molecule has 0 atom stereocenters. The lowest BCUT2D eigenvalue weighted by Crippen LogP contribution is -2.57. The van der Waals surface area contributed by atoms with Gasteiger partial charge in [-0.25, -0.2) is 14.4 Å². The Morgan fingerprint density at radius 2 is 1.92 bits per heavy atom. The van der Waals surface area contributed by atoms with Crippen LogP contribution in [0, 0.1) is 11.7 Å². The summed E-state index contributed by atoms with van der Waals surface area (Å²) >= 11 is 5.94. The highest BCUT2D eigenvalue weighted by Gasteiger charge is 2.38. The van der Waals surface area contributed by atoms with E-state index in [1.807, 2.05) is 6.07 Å². The fourth-order valence-electron chi connectivity index (χ4n) is 5.03. The van der Waals surface area contributed by atoms with E-state index in [9.17, 15) is 9.18 Å². The van der Waals surface area contributed by atoms with Crippen molar-refractivity contribution in [1.82, 2.24) is 20.2 Å². The van der Waals surface area contributed by atoms with Gasteiger partial charge in [0.2, 0.25) is 5.91 Å². The summed E-state index contributed by atoms with van der Waals surface area (Å²) in [7, 11) is 3.29. The van der Waals surface area contributed by atoms with Crippen LogP contribution in [0.25, 0.3) is 10.9 Å². The normalized spacial score (nSPS) is 20.6. The number of fused-ring (bicyclic) bond motifs is 1. The van der Waals surface area contributed by atoms with Crippen molar-refractivity contribution in [2.24, 2.45) is 5.92 Å². The van der Waals surface area contributed by atoms with Gasteiger partial charge >= 0.3 is 0 Å². The van der Waals surface area contributed by atoms with Crippen molar-refractivity contribution >= 4 is 39.9 Å². The molecular weight excluding hydrogens is 485 g/mol. The number of methoxy groups -OCH3 is 1. The predicted molar refractivity (Wildman–Crippen MR) is 137 cm³/mol. The number of carbonyl (C=O) groups excluding carboxylic acids is 1. The van der Waals surface area contributed by atoms with Crippen LogP contribution in [0.15, 0.2) is 36.7 Å². The summed E-state index contributed by atoms with van der Waals surface area (Å²) in [4.78, 5) is 22.9. The molecular formula is C26H29ClFN5O3.